The van der Waals surface area contributed by atoms with E-state index < -0.39 is 0 Å². The highest BCUT2D eigenvalue weighted by molar-refractivity contribution is 5.97. The maximum atomic E-state index is 13.3. The highest BCUT2D eigenvalue weighted by Crippen LogP contribution is 2.50. The zero-order chi connectivity index (χ0) is 21.2. The summed E-state index contributed by atoms with van der Waals surface area (Å²) in [4.78, 5) is 23.7. The Balaban J connectivity index is 1.33. The summed E-state index contributed by atoms with van der Waals surface area (Å²) in [5.74, 6) is 0.217. The Morgan fingerprint density at radius 3 is 2.68 bits per heavy atom. The topological polar surface area (TPSA) is 112 Å². The van der Waals surface area contributed by atoms with E-state index in [2.05, 4.69) is 30.6 Å². The number of anilines is 1. The first-order chi connectivity index (χ1) is 15.0. The number of hydrogen-bond acceptors (Lipinski definition) is 7. The van der Waals surface area contributed by atoms with Crippen LogP contribution < -0.4 is 5.32 Å². The van der Waals surface area contributed by atoms with E-state index in [0.717, 1.165) is 28.2 Å². The van der Waals surface area contributed by atoms with Gasteiger partial charge in [-0.2, -0.15) is 15.3 Å². The summed E-state index contributed by atoms with van der Waals surface area (Å²) in [6, 6.07) is 3.82. The van der Waals surface area contributed by atoms with Crippen molar-refractivity contribution in [1.29, 1.82) is 0 Å². The van der Waals surface area contributed by atoms with Crippen LogP contribution in [0.3, 0.4) is 0 Å². The number of amides is 1. The number of nitrogens with zero attached hydrogens (tertiary/aromatic N) is 7. The summed E-state index contributed by atoms with van der Waals surface area (Å²) in [5.41, 5.74) is 4.96. The summed E-state index contributed by atoms with van der Waals surface area (Å²) in [6.07, 6.45) is 7.32. The molecule has 1 spiro atoms. The van der Waals surface area contributed by atoms with Gasteiger partial charge < -0.3 is 10.1 Å². The number of nitrogens with one attached hydrogen (secondary N) is 1. The van der Waals surface area contributed by atoms with Gasteiger partial charge in [0.05, 0.1) is 60.2 Å². The van der Waals surface area contributed by atoms with E-state index in [1.807, 2.05) is 36.7 Å². The van der Waals surface area contributed by atoms with Gasteiger partial charge in [-0.15, -0.1) is 4.80 Å². The summed E-state index contributed by atoms with van der Waals surface area (Å²) in [7, 11) is 0. The van der Waals surface area contributed by atoms with Gasteiger partial charge in [0.1, 0.15) is 0 Å². The number of carbonyl (C=O) groups is 1. The number of aromatic nitrogens is 7. The van der Waals surface area contributed by atoms with Gasteiger partial charge in [0.15, 0.2) is 11.5 Å². The van der Waals surface area contributed by atoms with Crippen LogP contribution in [0.5, 0.6) is 0 Å². The minimum absolute atomic E-state index is 0.0822. The molecule has 1 N–H and O–H groups in total. The number of hydrogen-bond donors (Lipinski definition) is 1. The zero-order valence-electron chi connectivity index (χ0n) is 17.1. The molecule has 4 aromatic heterocycles. The molecule has 6 rings (SSSR count). The normalized spacial score (nSPS) is 18.8. The molecule has 1 unspecified atom stereocenters. The lowest BCUT2D eigenvalue weighted by Gasteiger charge is -2.38. The van der Waals surface area contributed by atoms with E-state index in [9.17, 15) is 4.79 Å². The molecule has 1 saturated heterocycles. The second kappa shape index (κ2) is 6.42. The highest BCUT2D eigenvalue weighted by Gasteiger charge is 2.53. The van der Waals surface area contributed by atoms with Crippen LogP contribution in [0.2, 0.25) is 0 Å². The van der Waals surface area contributed by atoms with Gasteiger partial charge in [-0.3, -0.25) is 4.79 Å². The van der Waals surface area contributed by atoms with Gasteiger partial charge in [0.2, 0.25) is 5.91 Å². The number of aryl methyl sites for hydroxylation is 2. The lowest BCUT2D eigenvalue weighted by Crippen LogP contribution is -2.46. The van der Waals surface area contributed by atoms with Crippen molar-refractivity contribution in [2.24, 2.45) is 0 Å². The SMILES string of the molecule is Cc1cc2ncc3c(n2n1)C1(COC1)CC3C(=O)Nc1cnc(-n2nccn2)c(C)c1. The average molecular weight is 416 g/mol. The van der Waals surface area contributed by atoms with Gasteiger partial charge >= 0.3 is 0 Å². The summed E-state index contributed by atoms with van der Waals surface area (Å²) in [6.45, 7) is 5.04. The first-order valence-electron chi connectivity index (χ1n) is 10.1. The Morgan fingerprint density at radius 1 is 1.16 bits per heavy atom. The number of ether oxygens (including phenoxy) is 1. The van der Waals surface area contributed by atoms with Crippen LogP contribution in [0.25, 0.3) is 11.5 Å². The quantitative estimate of drug-likeness (QED) is 0.541. The predicted molar refractivity (Wildman–Crippen MR) is 110 cm³/mol. The largest absolute Gasteiger partial charge is 0.379 e. The smallest absolute Gasteiger partial charge is 0.232 e. The van der Waals surface area contributed by atoms with E-state index >= 15 is 0 Å². The maximum Gasteiger partial charge on any atom is 0.232 e. The fourth-order valence-corrected chi connectivity index (χ4v) is 4.68. The third kappa shape index (κ3) is 2.68. The van der Waals surface area contributed by atoms with Crippen molar-refractivity contribution < 1.29 is 9.53 Å². The van der Waals surface area contributed by atoms with Gasteiger partial charge in [0.25, 0.3) is 0 Å². The lowest BCUT2D eigenvalue weighted by atomic mass is 9.82. The van der Waals surface area contributed by atoms with Crippen LogP contribution in [-0.4, -0.2) is 53.7 Å². The van der Waals surface area contributed by atoms with Gasteiger partial charge in [0, 0.05) is 17.8 Å². The average Bonchev–Trinajstić information content (AvgIpc) is 3.43. The molecule has 10 heteroatoms. The van der Waals surface area contributed by atoms with E-state index in [4.69, 9.17) is 4.74 Å². The molecule has 5 heterocycles. The van der Waals surface area contributed by atoms with Crippen LogP contribution in [0, 0.1) is 13.8 Å². The predicted octanol–water partition coefficient (Wildman–Crippen LogP) is 1.72. The van der Waals surface area contributed by atoms with Crippen molar-refractivity contribution in [2.75, 3.05) is 18.5 Å². The maximum absolute atomic E-state index is 13.3. The monoisotopic (exact) mass is 416 g/mol. The van der Waals surface area contributed by atoms with Gasteiger partial charge in [-0.1, -0.05) is 0 Å². The van der Waals surface area contributed by atoms with Crippen LogP contribution >= 0.6 is 0 Å². The summed E-state index contributed by atoms with van der Waals surface area (Å²) in [5, 5.41) is 15.9. The molecule has 0 bridgehead atoms. The first-order valence-corrected chi connectivity index (χ1v) is 10.1. The van der Waals surface area contributed by atoms with E-state index in [1.54, 1.807) is 18.6 Å². The first kappa shape index (κ1) is 18.1. The molecule has 4 aromatic rings. The second-order valence-corrected chi connectivity index (χ2v) is 8.32. The molecule has 156 valence electrons. The fourth-order valence-electron chi connectivity index (χ4n) is 4.68. The summed E-state index contributed by atoms with van der Waals surface area (Å²) >= 11 is 0. The van der Waals surface area contributed by atoms with Crippen molar-refractivity contribution in [1.82, 2.24) is 34.6 Å². The minimum Gasteiger partial charge on any atom is -0.379 e. The highest BCUT2D eigenvalue weighted by atomic mass is 16.5. The standard InChI is InChI=1S/C21H20N8O2/c1-12-5-14(8-23-19(12)29-24-3-4-25-29)26-20(30)15-7-21(10-31-11-21)18-16(15)9-22-17-6-13(2)27-28(17)18/h3-6,8-9,15H,7,10-11H2,1-2H3,(H,26,30). The Morgan fingerprint density at radius 2 is 1.97 bits per heavy atom. The molecular formula is C21H20N8O2. The van der Waals surface area contributed by atoms with Crippen molar-refractivity contribution in [3.05, 3.63) is 59.4 Å². The lowest BCUT2D eigenvalue weighted by molar-refractivity contribution is -0.119. The van der Waals surface area contributed by atoms with Crippen LogP contribution in [-0.2, 0) is 14.9 Å². The molecule has 10 nitrogen and oxygen atoms in total. The van der Waals surface area contributed by atoms with Crippen LogP contribution in [0.1, 0.15) is 34.9 Å². The van der Waals surface area contributed by atoms with E-state index in [1.165, 1.54) is 4.80 Å². The van der Waals surface area contributed by atoms with Crippen LogP contribution in [0.15, 0.2) is 36.9 Å². The molecular weight excluding hydrogens is 396 g/mol. The van der Waals surface area contributed by atoms with Gasteiger partial charge in [-0.05, 0) is 31.9 Å². The molecule has 1 aliphatic heterocycles. The molecule has 31 heavy (non-hydrogen) atoms. The number of carbonyl (C=O) groups excluding carboxylic acids is 1. The minimum atomic E-state index is -0.326. The van der Waals surface area contributed by atoms with Crippen molar-refractivity contribution in [3.63, 3.8) is 0 Å². The molecule has 0 radical (unpaired) electrons. The fraction of sp³-hybridized carbons (Fsp3) is 0.333. The molecule has 2 aliphatic rings. The molecule has 1 fully saturated rings. The molecule has 1 atom stereocenters. The Bertz CT molecular complexity index is 1320. The third-order valence-corrected chi connectivity index (χ3v) is 6.11. The molecule has 1 amide bonds. The Hall–Kier alpha value is -3.66. The Kier molecular flexibility index (Phi) is 3.75. The number of pyridine rings is 1. The molecule has 0 saturated carbocycles. The van der Waals surface area contributed by atoms with E-state index in [-0.39, 0.29) is 17.2 Å². The van der Waals surface area contributed by atoms with Crippen molar-refractivity contribution >= 4 is 17.2 Å². The molecule has 1 aliphatic carbocycles. The number of fused-ring (bicyclic) bond motifs is 4. The summed E-state index contributed by atoms with van der Waals surface area (Å²) < 4.78 is 7.45. The van der Waals surface area contributed by atoms with Gasteiger partial charge in [-0.25, -0.2) is 14.5 Å². The van der Waals surface area contributed by atoms with Crippen LogP contribution in [0.4, 0.5) is 5.69 Å². The zero-order valence-corrected chi connectivity index (χ0v) is 17.1. The Labute approximate surface area is 177 Å². The third-order valence-electron chi connectivity index (χ3n) is 6.11. The second-order valence-electron chi connectivity index (χ2n) is 8.32. The molecule has 0 aromatic carbocycles. The van der Waals surface area contributed by atoms with Crippen molar-refractivity contribution in [2.45, 2.75) is 31.6 Å². The van der Waals surface area contributed by atoms with E-state index in [0.29, 0.717) is 31.1 Å². The number of rotatable bonds is 3. The van der Waals surface area contributed by atoms with Crippen molar-refractivity contribution in [3.8, 4) is 5.82 Å².